The van der Waals surface area contributed by atoms with Gasteiger partial charge in [0.15, 0.2) is 0 Å². The summed E-state index contributed by atoms with van der Waals surface area (Å²) in [6.07, 6.45) is 1.28. The van der Waals surface area contributed by atoms with E-state index in [-0.39, 0.29) is 11.8 Å². The van der Waals surface area contributed by atoms with Gasteiger partial charge in [0.05, 0.1) is 6.61 Å². The third-order valence-electron chi connectivity index (χ3n) is 4.01. The van der Waals surface area contributed by atoms with Gasteiger partial charge < -0.3 is 15.0 Å². The van der Waals surface area contributed by atoms with E-state index in [1.54, 1.807) is 4.90 Å². The standard InChI is InChI=1S/C15H28N2O3/c1-6-15(5)14(19)16-12(10-11(3)4)13(18)17(15)8-9-20-7-2/h11-12H,6-10H2,1-5H3,(H,16,19). The van der Waals surface area contributed by atoms with E-state index in [1.807, 2.05) is 20.8 Å². The van der Waals surface area contributed by atoms with Crippen molar-refractivity contribution >= 4 is 11.8 Å². The summed E-state index contributed by atoms with van der Waals surface area (Å²) >= 11 is 0. The molecule has 0 bridgehead atoms. The minimum atomic E-state index is -0.762. The molecule has 1 aliphatic heterocycles. The van der Waals surface area contributed by atoms with Crippen molar-refractivity contribution in [2.75, 3.05) is 19.8 Å². The Morgan fingerprint density at radius 3 is 2.50 bits per heavy atom. The maximum absolute atomic E-state index is 12.6. The highest BCUT2D eigenvalue weighted by atomic mass is 16.5. The first-order chi connectivity index (χ1) is 9.36. The second-order valence-electron chi connectivity index (χ2n) is 5.97. The summed E-state index contributed by atoms with van der Waals surface area (Å²) in [6.45, 7) is 11.4. The highest BCUT2D eigenvalue weighted by Crippen LogP contribution is 2.26. The van der Waals surface area contributed by atoms with E-state index in [9.17, 15) is 9.59 Å². The lowest BCUT2D eigenvalue weighted by molar-refractivity contribution is -0.158. The summed E-state index contributed by atoms with van der Waals surface area (Å²) in [5, 5.41) is 2.89. The first-order valence-electron chi connectivity index (χ1n) is 7.57. The van der Waals surface area contributed by atoms with Crippen LogP contribution in [0.25, 0.3) is 0 Å². The molecule has 0 aromatic rings. The van der Waals surface area contributed by atoms with E-state index < -0.39 is 11.6 Å². The fourth-order valence-corrected chi connectivity index (χ4v) is 2.57. The van der Waals surface area contributed by atoms with Crippen LogP contribution in [-0.2, 0) is 14.3 Å². The topological polar surface area (TPSA) is 58.6 Å². The van der Waals surface area contributed by atoms with Crippen molar-refractivity contribution in [2.24, 2.45) is 5.92 Å². The molecule has 5 heteroatoms. The van der Waals surface area contributed by atoms with Gasteiger partial charge in [-0.15, -0.1) is 0 Å². The SMILES string of the molecule is CCOCCN1C(=O)C(CC(C)C)NC(=O)C1(C)CC. The van der Waals surface area contributed by atoms with Gasteiger partial charge in [0.25, 0.3) is 0 Å². The number of piperazine rings is 1. The fourth-order valence-electron chi connectivity index (χ4n) is 2.57. The van der Waals surface area contributed by atoms with Crippen LogP contribution in [0.3, 0.4) is 0 Å². The van der Waals surface area contributed by atoms with E-state index in [4.69, 9.17) is 4.74 Å². The molecule has 0 saturated carbocycles. The minimum Gasteiger partial charge on any atom is -0.380 e. The average molecular weight is 284 g/mol. The smallest absolute Gasteiger partial charge is 0.246 e. The fraction of sp³-hybridized carbons (Fsp3) is 0.867. The summed E-state index contributed by atoms with van der Waals surface area (Å²) in [6, 6.07) is -0.399. The number of hydrogen-bond donors (Lipinski definition) is 1. The molecule has 0 spiro atoms. The molecule has 1 saturated heterocycles. The molecule has 0 aromatic carbocycles. The summed E-state index contributed by atoms with van der Waals surface area (Å²) in [7, 11) is 0. The summed E-state index contributed by atoms with van der Waals surface area (Å²) in [5.41, 5.74) is -0.762. The molecular formula is C15H28N2O3. The van der Waals surface area contributed by atoms with Crippen LogP contribution in [0, 0.1) is 5.92 Å². The molecule has 1 N–H and O–H groups in total. The molecule has 0 aromatic heterocycles. The Kier molecular flexibility index (Phi) is 5.99. The largest absolute Gasteiger partial charge is 0.380 e. The molecule has 1 rings (SSSR count). The number of amides is 2. The zero-order chi connectivity index (χ0) is 15.3. The van der Waals surface area contributed by atoms with Gasteiger partial charge >= 0.3 is 0 Å². The van der Waals surface area contributed by atoms with Crippen molar-refractivity contribution in [3.63, 3.8) is 0 Å². The Bertz CT molecular complexity index is 357. The number of nitrogens with one attached hydrogen (secondary N) is 1. The summed E-state index contributed by atoms with van der Waals surface area (Å²) < 4.78 is 5.35. The Hall–Kier alpha value is -1.10. The molecule has 1 aliphatic rings. The Balaban J connectivity index is 2.89. The molecule has 2 unspecified atom stereocenters. The molecule has 2 atom stereocenters. The predicted octanol–water partition coefficient (Wildman–Crippen LogP) is 1.56. The van der Waals surface area contributed by atoms with Crippen molar-refractivity contribution in [2.45, 2.75) is 59.0 Å². The van der Waals surface area contributed by atoms with Crippen molar-refractivity contribution in [3.05, 3.63) is 0 Å². The average Bonchev–Trinajstić information content (AvgIpc) is 2.39. The first kappa shape index (κ1) is 17.0. The molecule has 2 amide bonds. The zero-order valence-electron chi connectivity index (χ0n) is 13.4. The Morgan fingerprint density at radius 1 is 1.35 bits per heavy atom. The quantitative estimate of drug-likeness (QED) is 0.722. The van der Waals surface area contributed by atoms with E-state index in [0.717, 1.165) is 0 Å². The van der Waals surface area contributed by atoms with Crippen LogP contribution in [0.1, 0.15) is 47.5 Å². The van der Waals surface area contributed by atoms with Crippen LogP contribution in [0.5, 0.6) is 0 Å². The van der Waals surface area contributed by atoms with E-state index in [0.29, 0.717) is 38.5 Å². The normalized spacial score (nSPS) is 27.1. The van der Waals surface area contributed by atoms with Crippen molar-refractivity contribution in [3.8, 4) is 0 Å². The van der Waals surface area contributed by atoms with Crippen molar-refractivity contribution in [1.82, 2.24) is 10.2 Å². The second-order valence-corrected chi connectivity index (χ2v) is 5.97. The lowest BCUT2D eigenvalue weighted by Gasteiger charge is -2.46. The van der Waals surface area contributed by atoms with Crippen LogP contribution < -0.4 is 5.32 Å². The third-order valence-corrected chi connectivity index (χ3v) is 4.01. The first-order valence-corrected chi connectivity index (χ1v) is 7.57. The highest BCUT2D eigenvalue weighted by molar-refractivity contribution is 5.99. The Morgan fingerprint density at radius 2 is 2.00 bits per heavy atom. The maximum Gasteiger partial charge on any atom is 0.246 e. The summed E-state index contributed by atoms with van der Waals surface area (Å²) in [5.74, 6) is 0.327. The molecule has 1 fully saturated rings. The van der Waals surface area contributed by atoms with Gasteiger partial charge in [-0.2, -0.15) is 0 Å². The maximum atomic E-state index is 12.6. The highest BCUT2D eigenvalue weighted by Gasteiger charge is 2.47. The molecule has 0 aliphatic carbocycles. The molecule has 116 valence electrons. The van der Waals surface area contributed by atoms with Crippen LogP contribution in [0.2, 0.25) is 0 Å². The van der Waals surface area contributed by atoms with Gasteiger partial charge in [-0.3, -0.25) is 9.59 Å². The van der Waals surface area contributed by atoms with E-state index in [2.05, 4.69) is 19.2 Å². The van der Waals surface area contributed by atoms with Gasteiger partial charge in [-0.05, 0) is 32.6 Å². The zero-order valence-corrected chi connectivity index (χ0v) is 13.4. The van der Waals surface area contributed by atoms with Crippen molar-refractivity contribution in [1.29, 1.82) is 0 Å². The van der Waals surface area contributed by atoms with Gasteiger partial charge in [-0.1, -0.05) is 20.8 Å². The monoisotopic (exact) mass is 284 g/mol. The molecule has 1 heterocycles. The van der Waals surface area contributed by atoms with Gasteiger partial charge in [0.2, 0.25) is 11.8 Å². The van der Waals surface area contributed by atoms with Crippen LogP contribution in [0.15, 0.2) is 0 Å². The van der Waals surface area contributed by atoms with E-state index >= 15 is 0 Å². The van der Waals surface area contributed by atoms with Gasteiger partial charge in [0, 0.05) is 13.2 Å². The van der Waals surface area contributed by atoms with Crippen LogP contribution >= 0.6 is 0 Å². The number of nitrogens with zero attached hydrogens (tertiary/aromatic N) is 1. The van der Waals surface area contributed by atoms with Gasteiger partial charge in [-0.25, -0.2) is 0 Å². The van der Waals surface area contributed by atoms with Crippen LogP contribution in [0.4, 0.5) is 0 Å². The molecule has 5 nitrogen and oxygen atoms in total. The predicted molar refractivity (Wildman–Crippen MR) is 78.3 cm³/mol. The minimum absolute atomic E-state index is 0.0161. The van der Waals surface area contributed by atoms with Gasteiger partial charge in [0.1, 0.15) is 11.6 Å². The van der Waals surface area contributed by atoms with Crippen molar-refractivity contribution < 1.29 is 14.3 Å². The second kappa shape index (κ2) is 7.07. The lowest BCUT2D eigenvalue weighted by Crippen LogP contribution is -2.69. The van der Waals surface area contributed by atoms with E-state index in [1.165, 1.54) is 0 Å². The molecule has 0 radical (unpaired) electrons. The Labute approximate surface area is 122 Å². The number of carbonyl (C=O) groups is 2. The molecule has 20 heavy (non-hydrogen) atoms. The van der Waals surface area contributed by atoms with Crippen LogP contribution in [-0.4, -0.2) is 48.1 Å². The number of hydrogen-bond acceptors (Lipinski definition) is 3. The molecular weight excluding hydrogens is 256 g/mol. The number of ether oxygens (including phenoxy) is 1. The lowest BCUT2D eigenvalue weighted by atomic mass is 9.88. The third kappa shape index (κ3) is 3.51. The number of rotatable bonds is 7. The number of carbonyl (C=O) groups excluding carboxylic acids is 2. The summed E-state index contributed by atoms with van der Waals surface area (Å²) in [4.78, 5) is 26.7.